The first-order chi connectivity index (χ1) is 16.2. The van der Waals surface area contributed by atoms with E-state index in [0.29, 0.717) is 23.3 Å². The second-order valence-electron chi connectivity index (χ2n) is 10.2. The number of amides is 2. The Morgan fingerprint density at radius 1 is 1.00 bits per heavy atom. The summed E-state index contributed by atoms with van der Waals surface area (Å²) in [5.74, 6) is -0.355. The lowest BCUT2D eigenvalue weighted by Crippen LogP contribution is -2.42. The molecule has 8 nitrogen and oxygen atoms in total. The first-order valence-corrected chi connectivity index (χ1v) is 12.4. The Hall–Kier alpha value is -2.74. The summed E-state index contributed by atoms with van der Waals surface area (Å²) in [6.45, 7) is 4.22. The van der Waals surface area contributed by atoms with E-state index < -0.39 is 0 Å². The van der Waals surface area contributed by atoms with Crippen LogP contribution in [0.4, 0.5) is 5.69 Å². The first kappa shape index (κ1) is 20.8. The molecule has 1 spiro atoms. The van der Waals surface area contributed by atoms with E-state index in [1.54, 1.807) is 18.2 Å². The van der Waals surface area contributed by atoms with Gasteiger partial charge in [-0.3, -0.25) is 9.59 Å². The van der Waals surface area contributed by atoms with Crippen molar-refractivity contribution in [1.29, 1.82) is 0 Å². The SMILES string of the molecule is O=C(NCCCCN1CCCC1)[C@H]1[C@H](C(=O)Nc2ccc3nonc3c2)[C@@H]2C=C[C@H]1C21CC1. The Morgan fingerprint density at radius 3 is 2.48 bits per heavy atom. The summed E-state index contributed by atoms with van der Waals surface area (Å²) >= 11 is 0. The molecule has 1 aliphatic heterocycles. The van der Waals surface area contributed by atoms with Crippen LogP contribution < -0.4 is 10.6 Å². The lowest BCUT2D eigenvalue weighted by atomic mass is 9.81. The number of unbranched alkanes of at least 4 members (excludes halogenated alkanes) is 1. The number of carbonyl (C=O) groups excluding carboxylic acids is 2. The zero-order valence-electron chi connectivity index (χ0n) is 18.8. The summed E-state index contributed by atoms with van der Waals surface area (Å²) in [5.41, 5.74) is 2.03. The van der Waals surface area contributed by atoms with Crippen LogP contribution in [0.15, 0.2) is 35.0 Å². The van der Waals surface area contributed by atoms with Gasteiger partial charge in [0.2, 0.25) is 11.8 Å². The molecule has 6 rings (SSSR count). The highest BCUT2D eigenvalue weighted by Crippen LogP contribution is 2.72. The number of likely N-dealkylation sites (tertiary alicyclic amines) is 1. The van der Waals surface area contributed by atoms with E-state index in [-0.39, 0.29) is 40.9 Å². The van der Waals surface area contributed by atoms with Gasteiger partial charge in [-0.25, -0.2) is 4.63 Å². The molecule has 3 aliphatic carbocycles. The largest absolute Gasteiger partial charge is 0.356 e. The maximum absolute atomic E-state index is 13.4. The lowest BCUT2D eigenvalue weighted by Gasteiger charge is -2.26. The van der Waals surface area contributed by atoms with Gasteiger partial charge < -0.3 is 15.5 Å². The van der Waals surface area contributed by atoms with Crippen molar-refractivity contribution in [2.45, 2.75) is 38.5 Å². The molecule has 1 aromatic carbocycles. The summed E-state index contributed by atoms with van der Waals surface area (Å²) in [4.78, 5) is 29.3. The van der Waals surface area contributed by atoms with Crippen LogP contribution >= 0.6 is 0 Å². The maximum atomic E-state index is 13.4. The van der Waals surface area contributed by atoms with Crippen LogP contribution in [0.2, 0.25) is 0 Å². The lowest BCUT2D eigenvalue weighted by molar-refractivity contribution is -0.132. The smallest absolute Gasteiger partial charge is 0.228 e. The van der Waals surface area contributed by atoms with E-state index >= 15 is 0 Å². The molecule has 2 amide bonds. The molecular formula is C25H31N5O3. The number of nitrogens with zero attached hydrogens (tertiary/aromatic N) is 3. The highest BCUT2D eigenvalue weighted by atomic mass is 16.6. The van der Waals surface area contributed by atoms with Gasteiger partial charge in [0.25, 0.3) is 0 Å². The van der Waals surface area contributed by atoms with Crippen molar-refractivity contribution in [3.05, 3.63) is 30.4 Å². The molecule has 1 saturated heterocycles. The minimum Gasteiger partial charge on any atom is -0.356 e. The summed E-state index contributed by atoms with van der Waals surface area (Å²) in [6.07, 6.45) is 11.3. The standard InChI is InChI=1S/C25H31N5O3/c31-23(26-11-1-2-12-30-13-3-4-14-30)21-17-6-7-18(25(17)9-10-25)22(21)24(32)27-16-5-8-19-20(15-16)29-33-28-19/h5-8,15,17-18,21-22H,1-4,9-14H2,(H,26,31)(H,27,32)/t17-,18+,21-,22-/m1/s1. The molecule has 2 bridgehead atoms. The Balaban J connectivity index is 1.11. The average Bonchev–Trinajstić information content (AvgIpc) is 3.16. The van der Waals surface area contributed by atoms with Gasteiger partial charge in [0.1, 0.15) is 11.0 Å². The average molecular weight is 450 g/mol. The van der Waals surface area contributed by atoms with Gasteiger partial charge in [-0.15, -0.1) is 0 Å². The monoisotopic (exact) mass is 449 g/mol. The van der Waals surface area contributed by atoms with Crippen LogP contribution in [-0.4, -0.2) is 53.2 Å². The number of anilines is 1. The summed E-state index contributed by atoms with van der Waals surface area (Å²) in [7, 11) is 0. The van der Waals surface area contributed by atoms with E-state index in [9.17, 15) is 9.59 Å². The quantitative estimate of drug-likeness (QED) is 0.475. The molecule has 174 valence electrons. The third-order valence-corrected chi connectivity index (χ3v) is 8.37. The number of nitrogens with one attached hydrogen (secondary N) is 2. The van der Waals surface area contributed by atoms with Crippen LogP contribution in [0.5, 0.6) is 0 Å². The molecule has 4 aliphatic rings. The molecule has 2 heterocycles. The Morgan fingerprint density at radius 2 is 1.73 bits per heavy atom. The summed E-state index contributed by atoms with van der Waals surface area (Å²) < 4.78 is 4.76. The first-order valence-electron chi connectivity index (χ1n) is 12.4. The minimum atomic E-state index is -0.335. The van der Waals surface area contributed by atoms with Gasteiger partial charge in [-0.2, -0.15) is 0 Å². The second kappa shape index (κ2) is 8.24. The highest BCUT2D eigenvalue weighted by molar-refractivity contribution is 5.98. The predicted molar refractivity (Wildman–Crippen MR) is 123 cm³/mol. The van der Waals surface area contributed by atoms with Crippen molar-refractivity contribution in [2.75, 3.05) is 31.5 Å². The van der Waals surface area contributed by atoms with Gasteiger partial charge in [-0.05, 0) is 104 Å². The fraction of sp³-hybridized carbons (Fsp3) is 0.600. The van der Waals surface area contributed by atoms with E-state index in [1.165, 1.54) is 25.9 Å². The molecule has 1 aromatic heterocycles. The highest BCUT2D eigenvalue weighted by Gasteiger charge is 2.69. The van der Waals surface area contributed by atoms with E-state index in [4.69, 9.17) is 4.63 Å². The number of hydrogen-bond donors (Lipinski definition) is 2. The van der Waals surface area contributed by atoms with E-state index in [2.05, 4.69) is 38.0 Å². The van der Waals surface area contributed by atoms with Crippen LogP contribution in [0.1, 0.15) is 38.5 Å². The van der Waals surface area contributed by atoms with Crippen molar-refractivity contribution < 1.29 is 14.2 Å². The fourth-order valence-corrected chi connectivity index (χ4v) is 6.59. The molecule has 0 unspecified atom stereocenters. The third-order valence-electron chi connectivity index (χ3n) is 8.37. The van der Waals surface area contributed by atoms with Crippen LogP contribution in [0.25, 0.3) is 11.0 Å². The molecule has 2 N–H and O–H groups in total. The van der Waals surface area contributed by atoms with E-state index in [1.807, 2.05) is 0 Å². The Kier molecular flexibility index (Phi) is 5.20. The number of aromatic nitrogens is 2. The number of rotatable bonds is 8. The molecule has 3 fully saturated rings. The fourth-order valence-electron chi connectivity index (χ4n) is 6.59. The topological polar surface area (TPSA) is 100 Å². The van der Waals surface area contributed by atoms with Gasteiger partial charge in [0.05, 0.1) is 11.8 Å². The number of carbonyl (C=O) groups is 2. The molecule has 2 aromatic rings. The minimum absolute atomic E-state index is 0.0376. The summed E-state index contributed by atoms with van der Waals surface area (Å²) in [5, 5.41) is 13.9. The Labute approximate surface area is 193 Å². The normalized spacial score (nSPS) is 29.2. The molecule has 2 saturated carbocycles. The predicted octanol–water partition coefficient (Wildman–Crippen LogP) is 2.98. The van der Waals surface area contributed by atoms with Crippen molar-refractivity contribution in [3.8, 4) is 0 Å². The van der Waals surface area contributed by atoms with Crippen molar-refractivity contribution in [1.82, 2.24) is 20.5 Å². The van der Waals surface area contributed by atoms with Crippen LogP contribution in [0, 0.1) is 29.1 Å². The number of allylic oxidation sites excluding steroid dienone is 2. The van der Waals surface area contributed by atoms with Gasteiger partial charge in [-0.1, -0.05) is 12.2 Å². The van der Waals surface area contributed by atoms with Crippen molar-refractivity contribution in [2.24, 2.45) is 29.1 Å². The van der Waals surface area contributed by atoms with Crippen LogP contribution in [0.3, 0.4) is 0 Å². The molecule has 0 radical (unpaired) electrons. The van der Waals surface area contributed by atoms with Crippen LogP contribution in [-0.2, 0) is 9.59 Å². The molecule has 8 heteroatoms. The number of benzene rings is 1. The van der Waals surface area contributed by atoms with Gasteiger partial charge in [0.15, 0.2) is 0 Å². The maximum Gasteiger partial charge on any atom is 0.228 e. The molecule has 33 heavy (non-hydrogen) atoms. The van der Waals surface area contributed by atoms with Gasteiger partial charge >= 0.3 is 0 Å². The Bertz CT molecular complexity index is 1080. The number of hydrogen-bond acceptors (Lipinski definition) is 6. The van der Waals surface area contributed by atoms with Crippen molar-refractivity contribution >= 4 is 28.5 Å². The molecule has 4 atom stereocenters. The van der Waals surface area contributed by atoms with E-state index in [0.717, 1.165) is 32.2 Å². The second-order valence-corrected chi connectivity index (χ2v) is 10.2. The number of fused-ring (bicyclic) bond motifs is 1. The third kappa shape index (κ3) is 3.64. The van der Waals surface area contributed by atoms with Gasteiger partial charge in [0, 0.05) is 12.2 Å². The zero-order valence-corrected chi connectivity index (χ0v) is 18.8. The van der Waals surface area contributed by atoms with Crippen molar-refractivity contribution in [3.63, 3.8) is 0 Å². The zero-order chi connectivity index (χ0) is 22.4. The summed E-state index contributed by atoms with van der Waals surface area (Å²) in [6, 6.07) is 5.34. The molecular weight excluding hydrogens is 418 g/mol.